The summed E-state index contributed by atoms with van der Waals surface area (Å²) in [5, 5.41) is 17.1. The zero-order valence-corrected chi connectivity index (χ0v) is 22.3. The molecule has 0 aliphatic rings. The maximum Gasteiger partial charge on any atom is 0.326 e. The minimum absolute atomic E-state index is 0.0158. The Morgan fingerprint density at radius 3 is 2.00 bits per heavy atom. The second-order valence-electron chi connectivity index (χ2n) is 9.18. The molecule has 14 N–H and O–H groups in total. The van der Waals surface area contributed by atoms with Crippen molar-refractivity contribution in [1.82, 2.24) is 16.0 Å². The summed E-state index contributed by atoms with van der Waals surface area (Å²) >= 11 is 0. The Labute approximate surface area is 223 Å². The quantitative estimate of drug-likeness (QED) is 0.0436. The van der Waals surface area contributed by atoms with Gasteiger partial charge in [0.15, 0.2) is 5.96 Å². The van der Waals surface area contributed by atoms with E-state index in [0.29, 0.717) is 32.2 Å². The van der Waals surface area contributed by atoms with E-state index in [2.05, 4.69) is 20.9 Å². The lowest BCUT2D eigenvalue weighted by Gasteiger charge is -2.28. The van der Waals surface area contributed by atoms with Crippen LogP contribution in [0.3, 0.4) is 0 Å². The average molecular weight is 544 g/mol. The standard InChI is InChI=1S/C23H45N9O6/c1-3-13(2)18(32-19(34)14(25)7-4-5-11-24)21(36)30-15(9-10-17(26)33)20(35)31-16(22(37)38)8-6-12-29-23(27)28/h13-16,18H,3-12,24-25H2,1-2H3,(H2,26,33)(H,30,36)(H,31,35)(H,32,34)(H,37,38)(H4,27,28,29). The Morgan fingerprint density at radius 2 is 1.47 bits per heavy atom. The van der Waals surface area contributed by atoms with Crippen molar-refractivity contribution in [2.75, 3.05) is 13.1 Å². The van der Waals surface area contributed by atoms with E-state index >= 15 is 0 Å². The molecule has 0 aromatic heterocycles. The molecule has 0 saturated carbocycles. The molecule has 0 aliphatic heterocycles. The first kappa shape index (κ1) is 34.5. The highest BCUT2D eigenvalue weighted by Crippen LogP contribution is 2.11. The molecule has 0 rings (SSSR count). The number of guanidine groups is 1. The zero-order valence-electron chi connectivity index (χ0n) is 22.3. The van der Waals surface area contributed by atoms with Crippen molar-refractivity contribution >= 4 is 35.6 Å². The van der Waals surface area contributed by atoms with E-state index < -0.39 is 53.8 Å². The highest BCUT2D eigenvalue weighted by molar-refractivity contribution is 5.94. The van der Waals surface area contributed by atoms with Gasteiger partial charge >= 0.3 is 5.97 Å². The zero-order chi connectivity index (χ0) is 29.3. The Bertz CT molecular complexity index is 819. The van der Waals surface area contributed by atoms with E-state index in [1.807, 2.05) is 6.92 Å². The third-order valence-electron chi connectivity index (χ3n) is 5.97. The van der Waals surface area contributed by atoms with Crippen molar-refractivity contribution in [1.29, 1.82) is 0 Å². The molecule has 0 fully saturated rings. The van der Waals surface area contributed by atoms with Crippen molar-refractivity contribution in [3.63, 3.8) is 0 Å². The number of primary amides is 1. The molecular weight excluding hydrogens is 498 g/mol. The first-order chi connectivity index (χ1) is 17.8. The molecule has 0 spiro atoms. The van der Waals surface area contributed by atoms with Gasteiger partial charge in [-0.1, -0.05) is 26.7 Å². The number of carboxylic acid groups (broad SMARTS) is 1. The third kappa shape index (κ3) is 14.3. The van der Waals surface area contributed by atoms with Gasteiger partial charge in [0.2, 0.25) is 23.6 Å². The number of unbranched alkanes of at least 4 members (excludes halogenated alkanes) is 1. The molecule has 0 radical (unpaired) electrons. The fourth-order valence-electron chi connectivity index (χ4n) is 3.45. The van der Waals surface area contributed by atoms with Crippen LogP contribution in [0.25, 0.3) is 0 Å². The lowest BCUT2D eigenvalue weighted by molar-refractivity contribution is -0.142. The first-order valence-corrected chi connectivity index (χ1v) is 12.8. The maximum absolute atomic E-state index is 13.2. The number of amides is 4. The van der Waals surface area contributed by atoms with Crippen molar-refractivity contribution in [3.8, 4) is 0 Å². The molecule has 0 aliphatic carbocycles. The lowest BCUT2D eigenvalue weighted by atomic mass is 9.96. The van der Waals surface area contributed by atoms with E-state index in [-0.39, 0.29) is 44.1 Å². The highest BCUT2D eigenvalue weighted by Gasteiger charge is 2.32. The lowest BCUT2D eigenvalue weighted by Crippen LogP contribution is -2.58. The van der Waals surface area contributed by atoms with Crippen LogP contribution in [0.5, 0.6) is 0 Å². The van der Waals surface area contributed by atoms with Crippen LogP contribution in [0.1, 0.15) is 65.2 Å². The number of carboxylic acids is 1. The normalized spacial score (nSPS) is 14.7. The molecule has 15 nitrogen and oxygen atoms in total. The van der Waals surface area contributed by atoms with Crippen LogP contribution in [0, 0.1) is 5.92 Å². The fourth-order valence-corrected chi connectivity index (χ4v) is 3.45. The van der Waals surface area contributed by atoms with E-state index in [9.17, 15) is 29.1 Å². The number of nitrogens with one attached hydrogen (secondary N) is 3. The molecule has 5 atom stereocenters. The number of hydrogen-bond acceptors (Lipinski definition) is 8. The minimum Gasteiger partial charge on any atom is -0.480 e. The topological polar surface area (TPSA) is 284 Å². The number of nitrogens with two attached hydrogens (primary N) is 5. The van der Waals surface area contributed by atoms with E-state index in [1.165, 1.54) is 0 Å². The summed E-state index contributed by atoms with van der Waals surface area (Å²) in [6.45, 7) is 4.21. The second kappa shape index (κ2) is 18.7. The van der Waals surface area contributed by atoms with Gasteiger partial charge in [-0.05, 0) is 44.6 Å². The van der Waals surface area contributed by atoms with Crippen molar-refractivity contribution in [3.05, 3.63) is 0 Å². The van der Waals surface area contributed by atoms with Crippen LogP contribution in [-0.4, -0.2) is 77.9 Å². The van der Waals surface area contributed by atoms with Crippen LogP contribution < -0.4 is 44.6 Å². The molecule has 4 amide bonds. The Hall–Kier alpha value is -3.46. The van der Waals surface area contributed by atoms with Gasteiger partial charge in [0, 0.05) is 13.0 Å². The summed E-state index contributed by atoms with van der Waals surface area (Å²) in [6.07, 6.45) is 2.13. The predicted molar refractivity (Wildman–Crippen MR) is 142 cm³/mol. The van der Waals surface area contributed by atoms with E-state index in [1.54, 1.807) is 6.92 Å². The van der Waals surface area contributed by atoms with E-state index in [4.69, 9.17) is 28.7 Å². The minimum atomic E-state index is -1.30. The van der Waals surface area contributed by atoms with Crippen LogP contribution in [0.2, 0.25) is 0 Å². The summed E-state index contributed by atoms with van der Waals surface area (Å²) in [6, 6.07) is -4.44. The van der Waals surface area contributed by atoms with Gasteiger partial charge in [-0.2, -0.15) is 0 Å². The van der Waals surface area contributed by atoms with Gasteiger partial charge in [0.25, 0.3) is 0 Å². The van der Waals surface area contributed by atoms with Crippen molar-refractivity contribution in [2.24, 2.45) is 39.6 Å². The summed E-state index contributed by atoms with van der Waals surface area (Å²) < 4.78 is 0. The molecule has 0 heterocycles. The molecule has 38 heavy (non-hydrogen) atoms. The molecule has 5 unspecified atom stereocenters. The molecule has 15 heteroatoms. The molecule has 0 bridgehead atoms. The van der Waals surface area contributed by atoms with Gasteiger partial charge in [-0.25, -0.2) is 4.79 Å². The number of rotatable bonds is 20. The van der Waals surface area contributed by atoms with E-state index in [0.717, 1.165) is 0 Å². The van der Waals surface area contributed by atoms with Crippen LogP contribution >= 0.6 is 0 Å². The van der Waals surface area contributed by atoms with Gasteiger partial charge in [0.05, 0.1) is 6.04 Å². The number of carbonyl (C=O) groups excluding carboxylic acids is 4. The molecule has 0 aromatic rings. The summed E-state index contributed by atoms with van der Waals surface area (Å²) in [7, 11) is 0. The van der Waals surface area contributed by atoms with Crippen molar-refractivity contribution in [2.45, 2.75) is 89.4 Å². The van der Waals surface area contributed by atoms with Gasteiger partial charge in [-0.15, -0.1) is 0 Å². The molecule has 0 saturated heterocycles. The van der Waals surface area contributed by atoms with Gasteiger partial charge in [0.1, 0.15) is 18.1 Å². The Kier molecular flexibility index (Phi) is 17.0. The maximum atomic E-state index is 13.2. The Balaban J connectivity index is 5.54. The number of aliphatic carboxylic acids is 1. The average Bonchev–Trinajstić information content (AvgIpc) is 2.85. The Morgan fingerprint density at radius 1 is 0.842 bits per heavy atom. The van der Waals surface area contributed by atoms with Crippen LogP contribution in [0.4, 0.5) is 0 Å². The third-order valence-corrected chi connectivity index (χ3v) is 5.97. The molecule has 0 aromatic carbocycles. The van der Waals surface area contributed by atoms with Crippen LogP contribution in [0.15, 0.2) is 4.99 Å². The fraction of sp³-hybridized carbons (Fsp3) is 0.739. The highest BCUT2D eigenvalue weighted by atomic mass is 16.4. The molecular formula is C23H45N9O6. The molecule has 218 valence electrons. The second-order valence-corrected chi connectivity index (χ2v) is 9.18. The number of hydrogen-bond donors (Lipinski definition) is 9. The summed E-state index contributed by atoms with van der Waals surface area (Å²) in [5.41, 5.74) is 27.1. The predicted octanol–water partition coefficient (Wildman–Crippen LogP) is -2.65. The van der Waals surface area contributed by atoms with Gasteiger partial charge < -0.3 is 49.7 Å². The SMILES string of the molecule is CCC(C)C(NC(=O)C(N)CCCCN)C(=O)NC(CCC(N)=O)C(=O)NC(CCCN=C(N)N)C(=O)O. The number of aliphatic imine (C=N–C) groups is 1. The van der Waals surface area contributed by atoms with Crippen LogP contribution in [-0.2, 0) is 24.0 Å². The monoisotopic (exact) mass is 543 g/mol. The van der Waals surface area contributed by atoms with Crippen molar-refractivity contribution < 1.29 is 29.1 Å². The number of nitrogens with zero attached hydrogens (tertiary/aromatic N) is 1. The first-order valence-electron chi connectivity index (χ1n) is 12.8. The smallest absolute Gasteiger partial charge is 0.326 e. The summed E-state index contributed by atoms with van der Waals surface area (Å²) in [4.78, 5) is 65.5. The number of carbonyl (C=O) groups is 5. The van der Waals surface area contributed by atoms with Gasteiger partial charge in [-0.3, -0.25) is 24.2 Å². The largest absolute Gasteiger partial charge is 0.480 e. The summed E-state index contributed by atoms with van der Waals surface area (Å²) in [5.74, 6) is -4.48.